The first kappa shape index (κ1) is 16.4. The number of ether oxygens (including phenoxy) is 1. The van der Waals surface area contributed by atoms with Crippen LogP contribution in [0, 0.1) is 5.41 Å². The fourth-order valence-corrected chi connectivity index (χ4v) is 2.41. The van der Waals surface area contributed by atoms with E-state index in [1.807, 2.05) is 32.9 Å². The smallest absolute Gasteiger partial charge is 0.303 e. The van der Waals surface area contributed by atoms with E-state index in [1.165, 1.54) is 6.92 Å². The molecule has 0 aromatic heterocycles. The molecule has 1 atom stereocenters. The summed E-state index contributed by atoms with van der Waals surface area (Å²) in [5.74, 6) is -0.598. The summed E-state index contributed by atoms with van der Waals surface area (Å²) in [6.45, 7) is 8.68. The number of aliphatic hydroxyl groups excluding tert-OH is 1. The molecule has 0 saturated carbocycles. The van der Waals surface area contributed by atoms with Crippen molar-refractivity contribution >= 4 is 11.8 Å². The maximum Gasteiger partial charge on any atom is 0.303 e. The van der Waals surface area contributed by atoms with Crippen molar-refractivity contribution in [1.29, 1.82) is 0 Å². The quantitative estimate of drug-likeness (QED) is 0.633. The number of rotatable bonds is 4. The Bertz CT molecular complexity index is 507. The van der Waals surface area contributed by atoms with Gasteiger partial charge in [0.15, 0.2) is 11.9 Å². The van der Waals surface area contributed by atoms with Gasteiger partial charge in [-0.15, -0.1) is 0 Å². The number of hydrogen-bond acceptors (Lipinski definition) is 4. The molecule has 20 heavy (non-hydrogen) atoms. The van der Waals surface area contributed by atoms with E-state index in [0.29, 0.717) is 5.57 Å². The van der Waals surface area contributed by atoms with E-state index in [2.05, 4.69) is 0 Å². The number of esters is 1. The number of carbonyl (C=O) groups is 2. The minimum absolute atomic E-state index is 0.0212. The summed E-state index contributed by atoms with van der Waals surface area (Å²) in [4.78, 5) is 23.4. The highest BCUT2D eigenvalue weighted by atomic mass is 16.5. The summed E-state index contributed by atoms with van der Waals surface area (Å²) in [6.07, 6.45) is 4.62. The summed E-state index contributed by atoms with van der Waals surface area (Å²) in [5.41, 5.74) is 1.84. The standard InChI is InChI=1S/C16H22O4/c1-10(8-9-17)6-7-13-11(2)14(19)15(16(13,4)5)20-12(3)18/h6-8,15,17H,9H2,1-5H3/b7-6+,10-8+. The lowest BCUT2D eigenvalue weighted by atomic mass is 9.82. The monoisotopic (exact) mass is 278 g/mol. The van der Waals surface area contributed by atoms with Crippen molar-refractivity contribution in [3.05, 3.63) is 34.9 Å². The van der Waals surface area contributed by atoms with Gasteiger partial charge in [-0.25, -0.2) is 0 Å². The summed E-state index contributed by atoms with van der Waals surface area (Å²) in [5, 5.41) is 8.83. The molecule has 110 valence electrons. The van der Waals surface area contributed by atoms with Crippen LogP contribution >= 0.6 is 0 Å². The third-order valence-electron chi connectivity index (χ3n) is 3.57. The van der Waals surface area contributed by atoms with Crippen LogP contribution in [0.5, 0.6) is 0 Å². The molecule has 1 aliphatic carbocycles. The van der Waals surface area contributed by atoms with Crippen LogP contribution in [0.4, 0.5) is 0 Å². The molecule has 0 aliphatic heterocycles. The van der Waals surface area contributed by atoms with Gasteiger partial charge in [-0.3, -0.25) is 9.59 Å². The highest BCUT2D eigenvalue weighted by Gasteiger charge is 2.47. The fourth-order valence-electron chi connectivity index (χ4n) is 2.41. The number of hydrogen-bond donors (Lipinski definition) is 1. The number of Topliss-reactive ketones (excluding diaryl/α,β-unsaturated/α-hetero) is 1. The van der Waals surface area contributed by atoms with Crippen molar-refractivity contribution in [3.63, 3.8) is 0 Å². The molecule has 0 saturated heterocycles. The molecule has 1 unspecified atom stereocenters. The Balaban J connectivity index is 3.10. The lowest BCUT2D eigenvalue weighted by Gasteiger charge is -2.27. The predicted molar refractivity (Wildman–Crippen MR) is 77.0 cm³/mol. The minimum Gasteiger partial charge on any atom is -0.453 e. The molecule has 0 aromatic carbocycles. The number of aliphatic hydroxyl groups is 1. The van der Waals surface area contributed by atoms with Gasteiger partial charge in [0, 0.05) is 12.3 Å². The van der Waals surface area contributed by atoms with Crippen LogP contribution in [-0.2, 0) is 14.3 Å². The van der Waals surface area contributed by atoms with Crippen LogP contribution in [0.15, 0.2) is 34.9 Å². The zero-order chi connectivity index (χ0) is 15.5. The van der Waals surface area contributed by atoms with Crippen molar-refractivity contribution in [3.8, 4) is 0 Å². The number of allylic oxidation sites excluding steroid dienone is 3. The van der Waals surface area contributed by atoms with Crippen LogP contribution in [0.1, 0.15) is 34.6 Å². The highest BCUT2D eigenvalue weighted by molar-refractivity contribution is 6.04. The Morgan fingerprint density at radius 2 is 2.00 bits per heavy atom. The number of ketones is 1. The lowest BCUT2D eigenvalue weighted by molar-refractivity contribution is -0.155. The average molecular weight is 278 g/mol. The summed E-state index contributed by atoms with van der Waals surface area (Å²) in [7, 11) is 0. The van der Waals surface area contributed by atoms with Gasteiger partial charge < -0.3 is 9.84 Å². The molecule has 4 nitrogen and oxygen atoms in total. The minimum atomic E-state index is -0.762. The Morgan fingerprint density at radius 3 is 2.50 bits per heavy atom. The number of carbonyl (C=O) groups excluding carboxylic acids is 2. The van der Waals surface area contributed by atoms with E-state index in [0.717, 1.165) is 11.1 Å². The SMILES string of the molecule is CC(=O)OC1C(=O)C(C)=C(/C=C/C(C)=C/CO)C1(C)C. The topological polar surface area (TPSA) is 63.6 Å². The van der Waals surface area contributed by atoms with E-state index in [9.17, 15) is 9.59 Å². The summed E-state index contributed by atoms with van der Waals surface area (Å²) in [6, 6.07) is 0. The zero-order valence-corrected chi connectivity index (χ0v) is 12.7. The molecule has 0 spiro atoms. The van der Waals surface area contributed by atoms with E-state index >= 15 is 0 Å². The molecular formula is C16H22O4. The second-order valence-corrected chi connectivity index (χ2v) is 5.58. The van der Waals surface area contributed by atoms with Crippen molar-refractivity contribution in [2.45, 2.75) is 40.7 Å². The van der Waals surface area contributed by atoms with Crippen LogP contribution in [-0.4, -0.2) is 29.6 Å². The van der Waals surface area contributed by atoms with Gasteiger partial charge in [-0.2, -0.15) is 0 Å². The first-order chi connectivity index (χ1) is 9.21. The van der Waals surface area contributed by atoms with Gasteiger partial charge >= 0.3 is 5.97 Å². The van der Waals surface area contributed by atoms with Crippen molar-refractivity contribution in [1.82, 2.24) is 0 Å². The molecule has 0 aromatic rings. The molecule has 1 aliphatic rings. The predicted octanol–water partition coefficient (Wildman–Crippen LogP) is 2.34. The van der Waals surface area contributed by atoms with Crippen LogP contribution in [0.3, 0.4) is 0 Å². The van der Waals surface area contributed by atoms with Crippen LogP contribution in [0.2, 0.25) is 0 Å². The van der Waals surface area contributed by atoms with Crippen molar-refractivity contribution < 1.29 is 19.4 Å². The Labute approximate surface area is 119 Å². The third kappa shape index (κ3) is 3.25. The first-order valence-electron chi connectivity index (χ1n) is 6.60. The summed E-state index contributed by atoms with van der Waals surface area (Å²) < 4.78 is 5.18. The van der Waals surface area contributed by atoms with Crippen molar-refractivity contribution in [2.75, 3.05) is 6.61 Å². The maximum absolute atomic E-state index is 12.2. The fraction of sp³-hybridized carbons (Fsp3) is 0.500. The van der Waals surface area contributed by atoms with Gasteiger partial charge in [0.25, 0.3) is 0 Å². The van der Waals surface area contributed by atoms with Crippen LogP contribution in [0.25, 0.3) is 0 Å². The normalized spacial score (nSPS) is 22.8. The van der Waals surface area contributed by atoms with E-state index in [1.54, 1.807) is 13.0 Å². The largest absolute Gasteiger partial charge is 0.453 e. The summed E-state index contributed by atoms with van der Waals surface area (Å²) >= 11 is 0. The molecule has 1 N–H and O–H groups in total. The molecule has 1 rings (SSSR count). The first-order valence-corrected chi connectivity index (χ1v) is 6.60. The maximum atomic E-state index is 12.2. The highest BCUT2D eigenvalue weighted by Crippen LogP contribution is 2.43. The van der Waals surface area contributed by atoms with E-state index in [4.69, 9.17) is 9.84 Å². The average Bonchev–Trinajstić information content (AvgIpc) is 2.48. The molecular weight excluding hydrogens is 256 g/mol. The van der Waals surface area contributed by atoms with Crippen molar-refractivity contribution in [2.24, 2.45) is 5.41 Å². The molecule has 0 bridgehead atoms. The van der Waals surface area contributed by atoms with Gasteiger partial charge in [0.05, 0.1) is 6.61 Å². The lowest BCUT2D eigenvalue weighted by Crippen LogP contribution is -2.35. The van der Waals surface area contributed by atoms with Gasteiger partial charge in [-0.1, -0.05) is 37.6 Å². The Morgan fingerprint density at radius 1 is 1.40 bits per heavy atom. The van der Waals surface area contributed by atoms with Gasteiger partial charge in [-0.05, 0) is 25.0 Å². The zero-order valence-electron chi connectivity index (χ0n) is 12.7. The van der Waals surface area contributed by atoms with Crippen LogP contribution < -0.4 is 0 Å². The second-order valence-electron chi connectivity index (χ2n) is 5.58. The Hall–Kier alpha value is -1.68. The third-order valence-corrected chi connectivity index (χ3v) is 3.57. The van der Waals surface area contributed by atoms with E-state index in [-0.39, 0.29) is 12.4 Å². The molecule has 0 radical (unpaired) electrons. The second kappa shape index (κ2) is 6.18. The molecule has 4 heteroatoms. The molecule has 0 amide bonds. The van der Waals surface area contributed by atoms with Gasteiger partial charge in [0.2, 0.25) is 0 Å². The van der Waals surface area contributed by atoms with Gasteiger partial charge in [0.1, 0.15) is 0 Å². The Kier molecular flexibility index (Phi) is 5.06. The molecule has 0 fully saturated rings. The molecule has 0 heterocycles. The van der Waals surface area contributed by atoms with E-state index < -0.39 is 17.5 Å².